The molecule has 3 heteroatoms. The zero-order chi connectivity index (χ0) is 12.1. The Morgan fingerprint density at radius 2 is 2.12 bits per heavy atom. The van der Waals surface area contributed by atoms with Gasteiger partial charge in [0.2, 0.25) is 0 Å². The van der Waals surface area contributed by atoms with Crippen molar-refractivity contribution < 1.29 is 4.74 Å². The lowest BCUT2D eigenvalue weighted by molar-refractivity contribution is 0.219. The van der Waals surface area contributed by atoms with Crippen LogP contribution in [0.1, 0.15) is 18.4 Å². The Hall–Kier alpha value is -0.990. The van der Waals surface area contributed by atoms with Crippen LogP contribution in [0.3, 0.4) is 0 Å². The van der Waals surface area contributed by atoms with E-state index in [1.807, 2.05) is 25.4 Å². The number of halogens is 1. The molecule has 0 radical (unpaired) electrons. The van der Waals surface area contributed by atoms with Crippen molar-refractivity contribution in [2.75, 3.05) is 13.7 Å². The van der Waals surface area contributed by atoms with Gasteiger partial charge in [-0.15, -0.1) is 0 Å². The largest absolute Gasteiger partial charge is 0.501 e. The highest BCUT2D eigenvalue weighted by Crippen LogP contribution is 2.19. The number of nitrogens with one attached hydrogen (secondary N) is 1. The molecular formula is C14H18ClNO. The van der Waals surface area contributed by atoms with Gasteiger partial charge >= 0.3 is 0 Å². The molecule has 1 aliphatic rings. The van der Waals surface area contributed by atoms with Gasteiger partial charge in [-0.05, 0) is 49.6 Å². The normalized spacial score (nSPS) is 17.2. The fourth-order valence-corrected chi connectivity index (χ4v) is 2.24. The molecule has 0 saturated heterocycles. The molecular weight excluding hydrogens is 234 g/mol. The maximum atomic E-state index is 5.88. The molecule has 92 valence electrons. The van der Waals surface area contributed by atoms with Crippen molar-refractivity contribution in [1.29, 1.82) is 0 Å². The predicted molar refractivity (Wildman–Crippen MR) is 71.3 cm³/mol. The van der Waals surface area contributed by atoms with E-state index in [0.717, 1.165) is 30.9 Å². The maximum Gasteiger partial charge on any atom is 0.0876 e. The minimum atomic E-state index is 0.358. The van der Waals surface area contributed by atoms with Crippen molar-refractivity contribution in [2.24, 2.45) is 0 Å². The molecule has 17 heavy (non-hydrogen) atoms. The standard InChI is InChI=1S/C14H18ClNO/c1-16-14(12-3-2-8-17-10-12)9-11-4-6-13(15)7-5-11/h4-7,10,14,16H,2-3,8-9H2,1H3. The van der Waals surface area contributed by atoms with Crippen molar-refractivity contribution in [3.63, 3.8) is 0 Å². The van der Waals surface area contributed by atoms with E-state index < -0.39 is 0 Å². The van der Waals surface area contributed by atoms with Gasteiger partial charge in [0.15, 0.2) is 0 Å². The van der Waals surface area contributed by atoms with Gasteiger partial charge in [0.05, 0.1) is 12.9 Å². The highest BCUT2D eigenvalue weighted by Gasteiger charge is 2.15. The summed E-state index contributed by atoms with van der Waals surface area (Å²) in [6.45, 7) is 0.848. The van der Waals surface area contributed by atoms with Gasteiger partial charge in [-0.1, -0.05) is 23.7 Å². The van der Waals surface area contributed by atoms with Gasteiger partial charge in [0.1, 0.15) is 0 Å². The topological polar surface area (TPSA) is 21.3 Å². The predicted octanol–water partition coefficient (Wildman–Crippen LogP) is 3.16. The lowest BCUT2D eigenvalue weighted by Crippen LogP contribution is -2.31. The molecule has 0 fully saturated rings. The summed E-state index contributed by atoms with van der Waals surface area (Å²) >= 11 is 5.88. The molecule has 0 amide bonds. The Kier molecular flexibility index (Phi) is 4.46. The molecule has 0 spiro atoms. The van der Waals surface area contributed by atoms with Gasteiger partial charge in [-0.25, -0.2) is 0 Å². The third-order valence-electron chi connectivity index (χ3n) is 3.11. The van der Waals surface area contributed by atoms with Crippen LogP contribution in [0.25, 0.3) is 0 Å². The lowest BCUT2D eigenvalue weighted by atomic mass is 9.96. The van der Waals surface area contributed by atoms with Gasteiger partial charge in [0, 0.05) is 11.1 Å². The summed E-state index contributed by atoms with van der Waals surface area (Å²) in [6, 6.07) is 8.40. The van der Waals surface area contributed by atoms with Gasteiger partial charge in [-0.2, -0.15) is 0 Å². The fraction of sp³-hybridized carbons (Fsp3) is 0.429. The first-order valence-electron chi connectivity index (χ1n) is 6.02. The molecule has 1 atom stereocenters. The van der Waals surface area contributed by atoms with Gasteiger partial charge in [0.25, 0.3) is 0 Å². The maximum absolute atomic E-state index is 5.88. The summed E-state index contributed by atoms with van der Waals surface area (Å²) in [5.74, 6) is 0. The number of hydrogen-bond donors (Lipinski definition) is 1. The minimum Gasteiger partial charge on any atom is -0.501 e. The Morgan fingerprint density at radius 3 is 2.71 bits per heavy atom. The number of rotatable bonds is 4. The minimum absolute atomic E-state index is 0.358. The fourth-order valence-electron chi connectivity index (χ4n) is 2.12. The van der Waals surface area contributed by atoms with Crippen LogP contribution < -0.4 is 5.32 Å². The first-order chi connectivity index (χ1) is 8.29. The summed E-state index contributed by atoms with van der Waals surface area (Å²) in [5.41, 5.74) is 2.65. The zero-order valence-electron chi connectivity index (χ0n) is 10.1. The van der Waals surface area contributed by atoms with E-state index >= 15 is 0 Å². The number of likely N-dealkylation sites (N-methyl/N-ethyl adjacent to an activating group) is 1. The van der Waals surface area contributed by atoms with E-state index in [-0.39, 0.29) is 0 Å². The Balaban J connectivity index is 2.04. The molecule has 1 N–H and O–H groups in total. The van der Waals surface area contributed by atoms with E-state index in [9.17, 15) is 0 Å². The molecule has 0 aliphatic carbocycles. The van der Waals surface area contributed by atoms with E-state index in [1.54, 1.807) is 0 Å². The smallest absolute Gasteiger partial charge is 0.0876 e. The van der Waals surface area contributed by atoms with Crippen molar-refractivity contribution in [1.82, 2.24) is 5.32 Å². The lowest BCUT2D eigenvalue weighted by Gasteiger charge is -2.23. The summed E-state index contributed by atoms with van der Waals surface area (Å²) in [5, 5.41) is 4.14. The molecule has 1 aliphatic heterocycles. The van der Waals surface area contributed by atoms with Crippen LogP contribution in [0.5, 0.6) is 0 Å². The number of hydrogen-bond acceptors (Lipinski definition) is 2. The zero-order valence-corrected chi connectivity index (χ0v) is 10.8. The monoisotopic (exact) mass is 251 g/mol. The van der Waals surface area contributed by atoms with Crippen molar-refractivity contribution in [2.45, 2.75) is 25.3 Å². The van der Waals surface area contributed by atoms with E-state index in [4.69, 9.17) is 16.3 Å². The first-order valence-corrected chi connectivity index (χ1v) is 6.39. The Bertz CT molecular complexity index is 386. The second-order valence-electron chi connectivity index (χ2n) is 4.34. The summed E-state index contributed by atoms with van der Waals surface area (Å²) in [4.78, 5) is 0. The van der Waals surface area contributed by atoms with Crippen LogP contribution in [-0.2, 0) is 11.2 Å². The number of ether oxygens (including phenoxy) is 1. The molecule has 1 aromatic rings. The van der Waals surface area contributed by atoms with Crippen molar-refractivity contribution in [3.8, 4) is 0 Å². The van der Waals surface area contributed by atoms with Crippen LogP contribution in [0.15, 0.2) is 36.1 Å². The highest BCUT2D eigenvalue weighted by atomic mass is 35.5. The SMILES string of the molecule is CNC(Cc1ccc(Cl)cc1)C1=COCCC1. The molecule has 2 rings (SSSR count). The quantitative estimate of drug-likeness (QED) is 0.888. The second-order valence-corrected chi connectivity index (χ2v) is 4.78. The molecule has 2 nitrogen and oxygen atoms in total. The summed E-state index contributed by atoms with van der Waals surface area (Å²) in [7, 11) is 2.00. The molecule has 0 saturated carbocycles. The summed E-state index contributed by atoms with van der Waals surface area (Å²) < 4.78 is 5.40. The average molecular weight is 252 g/mol. The van der Waals surface area contributed by atoms with E-state index in [1.165, 1.54) is 11.1 Å². The molecule has 0 bridgehead atoms. The van der Waals surface area contributed by atoms with Crippen molar-refractivity contribution >= 4 is 11.6 Å². The van der Waals surface area contributed by atoms with Crippen molar-refractivity contribution in [3.05, 3.63) is 46.7 Å². The third-order valence-corrected chi connectivity index (χ3v) is 3.36. The van der Waals surface area contributed by atoms with Gasteiger partial charge < -0.3 is 10.1 Å². The average Bonchev–Trinajstić information content (AvgIpc) is 2.39. The second kappa shape index (κ2) is 6.08. The van der Waals surface area contributed by atoms with Crippen LogP contribution >= 0.6 is 11.6 Å². The molecule has 1 aromatic carbocycles. The van der Waals surface area contributed by atoms with Crippen LogP contribution in [0, 0.1) is 0 Å². The Morgan fingerprint density at radius 1 is 1.35 bits per heavy atom. The summed E-state index contributed by atoms with van der Waals surface area (Å²) in [6.07, 6.45) is 5.13. The van der Waals surface area contributed by atoms with Crippen LogP contribution in [0.4, 0.5) is 0 Å². The van der Waals surface area contributed by atoms with Crippen LogP contribution in [0.2, 0.25) is 5.02 Å². The first kappa shape index (κ1) is 12.5. The Labute approximate surface area is 108 Å². The molecule has 1 heterocycles. The highest BCUT2D eigenvalue weighted by molar-refractivity contribution is 6.30. The number of benzene rings is 1. The van der Waals surface area contributed by atoms with Crippen LogP contribution in [-0.4, -0.2) is 19.7 Å². The van der Waals surface area contributed by atoms with E-state index in [0.29, 0.717) is 6.04 Å². The van der Waals surface area contributed by atoms with Gasteiger partial charge in [-0.3, -0.25) is 0 Å². The molecule has 1 unspecified atom stereocenters. The third kappa shape index (κ3) is 3.48. The van der Waals surface area contributed by atoms with E-state index in [2.05, 4.69) is 17.4 Å². The molecule has 0 aromatic heterocycles.